The third-order valence-corrected chi connectivity index (χ3v) is 4.94. The second-order valence-electron chi connectivity index (χ2n) is 6.17. The van der Waals surface area contributed by atoms with Crippen molar-refractivity contribution in [2.24, 2.45) is 11.7 Å². The number of amides is 4. The van der Waals surface area contributed by atoms with E-state index in [2.05, 4.69) is 16.0 Å². The van der Waals surface area contributed by atoms with Crippen LogP contribution in [-0.4, -0.2) is 17.8 Å². The number of hydrogen-bond donors (Lipinski definition) is 4. The van der Waals surface area contributed by atoms with Crippen LogP contribution in [0.4, 0.5) is 16.2 Å². The summed E-state index contributed by atoms with van der Waals surface area (Å²) < 4.78 is 0. The van der Waals surface area contributed by atoms with Crippen molar-refractivity contribution in [3.05, 3.63) is 46.7 Å². The maximum Gasteiger partial charge on any atom is 0.312 e. The molecule has 0 saturated heterocycles. The first-order valence-corrected chi connectivity index (χ1v) is 9.19. The van der Waals surface area contributed by atoms with Gasteiger partial charge < -0.3 is 21.7 Å². The molecule has 1 heterocycles. The summed E-state index contributed by atoms with van der Waals surface area (Å²) >= 11 is 1.44. The van der Waals surface area contributed by atoms with E-state index in [1.807, 2.05) is 17.5 Å². The van der Waals surface area contributed by atoms with Gasteiger partial charge in [-0.15, -0.1) is 11.3 Å². The molecule has 1 atom stereocenters. The molecule has 1 fully saturated rings. The van der Waals surface area contributed by atoms with Crippen molar-refractivity contribution >= 4 is 40.6 Å². The van der Waals surface area contributed by atoms with Crippen LogP contribution in [0.15, 0.2) is 41.8 Å². The lowest BCUT2D eigenvalue weighted by Crippen LogP contribution is -2.34. The minimum atomic E-state index is -0.680. The van der Waals surface area contributed by atoms with Gasteiger partial charge in [0.2, 0.25) is 11.8 Å². The summed E-state index contributed by atoms with van der Waals surface area (Å²) in [7, 11) is 0. The fraction of sp³-hybridized carbons (Fsp3) is 0.278. The van der Waals surface area contributed by atoms with Gasteiger partial charge in [0, 0.05) is 22.2 Å². The summed E-state index contributed by atoms with van der Waals surface area (Å²) in [5.74, 6) is -0.139. The first kappa shape index (κ1) is 17.9. The Morgan fingerprint density at radius 3 is 2.46 bits per heavy atom. The number of primary amides is 1. The van der Waals surface area contributed by atoms with E-state index in [1.54, 1.807) is 24.3 Å². The zero-order valence-corrected chi connectivity index (χ0v) is 14.8. The average Bonchev–Trinajstić information content (AvgIpc) is 3.29. The van der Waals surface area contributed by atoms with Crippen molar-refractivity contribution in [3.63, 3.8) is 0 Å². The molecule has 0 spiro atoms. The van der Waals surface area contributed by atoms with Crippen molar-refractivity contribution in [2.75, 3.05) is 10.6 Å². The van der Waals surface area contributed by atoms with Crippen LogP contribution in [0.5, 0.6) is 0 Å². The summed E-state index contributed by atoms with van der Waals surface area (Å²) in [5.41, 5.74) is 6.43. The SMILES string of the molecule is NC(=O)N[C@H](CC(=O)Nc1cccc(NC(=O)C2CC2)c1)c1cccs1. The molecule has 1 aliphatic carbocycles. The summed E-state index contributed by atoms with van der Waals surface area (Å²) in [4.78, 5) is 36.3. The maximum atomic E-state index is 12.4. The molecule has 1 aromatic heterocycles. The molecule has 7 nitrogen and oxygen atoms in total. The smallest absolute Gasteiger partial charge is 0.312 e. The van der Waals surface area contributed by atoms with E-state index in [1.165, 1.54) is 11.3 Å². The Morgan fingerprint density at radius 1 is 1.12 bits per heavy atom. The monoisotopic (exact) mass is 372 g/mol. The second-order valence-corrected chi connectivity index (χ2v) is 7.15. The maximum absolute atomic E-state index is 12.4. The lowest BCUT2D eigenvalue weighted by molar-refractivity contribution is -0.117. The standard InChI is InChI=1S/C18H20N4O3S/c19-18(25)22-14(15-5-2-8-26-15)10-16(23)20-12-3-1-4-13(9-12)21-17(24)11-6-7-11/h1-5,8-9,11,14H,6-7,10H2,(H,20,23)(H,21,24)(H3,19,22,25)/t14-/m1/s1. The number of thiophene rings is 1. The van der Waals surface area contributed by atoms with Crippen molar-refractivity contribution in [2.45, 2.75) is 25.3 Å². The molecule has 2 aromatic rings. The van der Waals surface area contributed by atoms with Gasteiger partial charge in [-0.2, -0.15) is 0 Å². The van der Waals surface area contributed by atoms with E-state index in [0.717, 1.165) is 17.7 Å². The summed E-state index contributed by atoms with van der Waals surface area (Å²) in [5, 5.41) is 10.1. The van der Waals surface area contributed by atoms with E-state index in [0.29, 0.717) is 11.4 Å². The minimum Gasteiger partial charge on any atom is -0.352 e. The Morgan fingerprint density at radius 2 is 1.85 bits per heavy atom. The molecule has 4 amide bonds. The predicted molar refractivity (Wildman–Crippen MR) is 101 cm³/mol. The van der Waals surface area contributed by atoms with Crippen LogP contribution in [0.2, 0.25) is 0 Å². The quantitative estimate of drug-likeness (QED) is 0.599. The molecular formula is C18H20N4O3S. The highest BCUT2D eigenvalue weighted by Crippen LogP contribution is 2.30. The van der Waals surface area contributed by atoms with Crippen molar-refractivity contribution in [1.82, 2.24) is 5.32 Å². The molecule has 26 heavy (non-hydrogen) atoms. The molecule has 8 heteroatoms. The Balaban J connectivity index is 1.61. The molecule has 136 valence electrons. The van der Waals surface area contributed by atoms with Gasteiger partial charge in [-0.1, -0.05) is 12.1 Å². The molecule has 1 saturated carbocycles. The molecule has 3 rings (SSSR count). The number of carbonyl (C=O) groups is 3. The van der Waals surface area contributed by atoms with Gasteiger partial charge in [-0.05, 0) is 42.5 Å². The third kappa shape index (κ3) is 5.06. The average molecular weight is 372 g/mol. The van der Waals surface area contributed by atoms with E-state index in [9.17, 15) is 14.4 Å². The number of nitrogens with one attached hydrogen (secondary N) is 3. The summed E-state index contributed by atoms with van der Waals surface area (Å²) in [6.07, 6.45) is 1.92. The van der Waals surface area contributed by atoms with E-state index in [-0.39, 0.29) is 24.2 Å². The highest BCUT2D eigenvalue weighted by atomic mass is 32.1. The van der Waals surface area contributed by atoms with Crippen molar-refractivity contribution in [1.29, 1.82) is 0 Å². The van der Waals surface area contributed by atoms with E-state index in [4.69, 9.17) is 5.73 Å². The lowest BCUT2D eigenvalue weighted by atomic mass is 10.1. The molecule has 0 bridgehead atoms. The van der Waals surface area contributed by atoms with Crippen LogP contribution in [-0.2, 0) is 9.59 Å². The Hall–Kier alpha value is -2.87. The number of carbonyl (C=O) groups excluding carboxylic acids is 3. The largest absolute Gasteiger partial charge is 0.352 e. The number of hydrogen-bond acceptors (Lipinski definition) is 4. The van der Waals surface area contributed by atoms with Gasteiger partial charge >= 0.3 is 6.03 Å². The van der Waals surface area contributed by atoms with E-state index < -0.39 is 12.1 Å². The van der Waals surface area contributed by atoms with Crippen LogP contribution in [0.3, 0.4) is 0 Å². The Labute approximate surface area is 155 Å². The number of nitrogens with two attached hydrogens (primary N) is 1. The fourth-order valence-corrected chi connectivity index (χ4v) is 3.32. The zero-order chi connectivity index (χ0) is 18.5. The van der Waals surface area contributed by atoms with Gasteiger partial charge in [0.05, 0.1) is 12.5 Å². The van der Waals surface area contributed by atoms with Gasteiger partial charge in [-0.25, -0.2) is 4.79 Å². The number of benzene rings is 1. The number of urea groups is 1. The van der Waals surface area contributed by atoms with Gasteiger partial charge in [0.1, 0.15) is 0 Å². The Kier molecular flexibility index (Phi) is 5.52. The summed E-state index contributed by atoms with van der Waals surface area (Å²) in [6.45, 7) is 0. The highest BCUT2D eigenvalue weighted by molar-refractivity contribution is 7.10. The molecular weight excluding hydrogens is 352 g/mol. The van der Waals surface area contributed by atoms with Crippen LogP contribution >= 0.6 is 11.3 Å². The van der Waals surface area contributed by atoms with E-state index >= 15 is 0 Å². The number of rotatable bonds is 7. The molecule has 1 aromatic carbocycles. The van der Waals surface area contributed by atoms with Crippen LogP contribution in [0, 0.1) is 5.92 Å². The second kappa shape index (κ2) is 8.01. The lowest BCUT2D eigenvalue weighted by Gasteiger charge is -2.16. The molecule has 0 radical (unpaired) electrons. The van der Waals surface area contributed by atoms with Crippen molar-refractivity contribution < 1.29 is 14.4 Å². The molecule has 0 aliphatic heterocycles. The summed E-state index contributed by atoms with van der Waals surface area (Å²) in [6, 6.07) is 9.51. The molecule has 1 aliphatic rings. The van der Waals surface area contributed by atoms with Crippen LogP contribution in [0.1, 0.15) is 30.2 Å². The van der Waals surface area contributed by atoms with Gasteiger partial charge in [0.25, 0.3) is 0 Å². The Bertz CT molecular complexity index is 803. The minimum absolute atomic E-state index is 0.0110. The predicted octanol–water partition coefficient (Wildman–Crippen LogP) is 2.83. The van der Waals surface area contributed by atoms with Crippen LogP contribution in [0.25, 0.3) is 0 Å². The first-order chi connectivity index (χ1) is 12.5. The first-order valence-electron chi connectivity index (χ1n) is 8.31. The zero-order valence-electron chi connectivity index (χ0n) is 14.0. The fourth-order valence-electron chi connectivity index (χ4n) is 2.55. The van der Waals surface area contributed by atoms with Crippen LogP contribution < -0.4 is 21.7 Å². The van der Waals surface area contributed by atoms with Gasteiger partial charge in [-0.3, -0.25) is 9.59 Å². The molecule has 0 unspecified atom stereocenters. The van der Waals surface area contributed by atoms with Gasteiger partial charge in [0.15, 0.2) is 0 Å². The third-order valence-electron chi connectivity index (χ3n) is 3.95. The topological polar surface area (TPSA) is 113 Å². The molecule has 5 N–H and O–H groups in total. The normalized spacial score (nSPS) is 14.3. The highest BCUT2D eigenvalue weighted by Gasteiger charge is 2.29. The number of anilines is 2. The van der Waals surface area contributed by atoms with Crippen molar-refractivity contribution in [3.8, 4) is 0 Å².